The van der Waals surface area contributed by atoms with Crippen LogP contribution >= 0.6 is 0 Å². The standard InChI is InChI=1S/C11H13NO2.C2H6O/c12-9-6-8(2-3-10(9)14)11(7-13)4-1-5-11;1-3-2/h2-3,6-7,14H,1,4-5,12H2;1-2H3. The lowest BCUT2D eigenvalue weighted by Gasteiger charge is -2.37. The average molecular weight is 237 g/mol. The molecule has 17 heavy (non-hydrogen) atoms. The van der Waals surface area contributed by atoms with Crippen LogP contribution in [0.5, 0.6) is 5.75 Å². The summed E-state index contributed by atoms with van der Waals surface area (Å²) < 4.78 is 4.25. The van der Waals surface area contributed by atoms with Gasteiger partial charge in [0.1, 0.15) is 12.0 Å². The molecule has 4 nitrogen and oxygen atoms in total. The summed E-state index contributed by atoms with van der Waals surface area (Å²) in [7, 11) is 3.25. The van der Waals surface area contributed by atoms with E-state index in [4.69, 9.17) is 5.73 Å². The minimum atomic E-state index is -0.332. The molecule has 0 radical (unpaired) electrons. The highest BCUT2D eigenvalue weighted by Crippen LogP contribution is 2.43. The third kappa shape index (κ3) is 2.77. The number of nitrogen functional groups attached to an aromatic ring is 1. The Hall–Kier alpha value is -1.55. The van der Waals surface area contributed by atoms with Crippen LogP contribution in [0, 0.1) is 0 Å². The molecule has 1 aliphatic carbocycles. The van der Waals surface area contributed by atoms with Crippen molar-refractivity contribution >= 4 is 12.0 Å². The predicted octanol–water partition coefficient (Wildman–Crippen LogP) is 1.86. The molecule has 0 saturated heterocycles. The fraction of sp³-hybridized carbons (Fsp3) is 0.462. The van der Waals surface area contributed by atoms with Gasteiger partial charge in [0.05, 0.1) is 11.1 Å². The van der Waals surface area contributed by atoms with E-state index in [0.29, 0.717) is 5.69 Å². The van der Waals surface area contributed by atoms with E-state index >= 15 is 0 Å². The van der Waals surface area contributed by atoms with E-state index in [2.05, 4.69) is 4.74 Å². The van der Waals surface area contributed by atoms with Gasteiger partial charge in [0.15, 0.2) is 0 Å². The van der Waals surface area contributed by atoms with Crippen LogP contribution in [0.15, 0.2) is 18.2 Å². The van der Waals surface area contributed by atoms with Crippen LogP contribution < -0.4 is 5.73 Å². The first-order chi connectivity index (χ1) is 8.09. The maximum atomic E-state index is 11.0. The van der Waals surface area contributed by atoms with E-state index in [-0.39, 0.29) is 11.2 Å². The Kier molecular flexibility index (Phi) is 4.52. The number of phenolic OH excluding ortho intramolecular Hbond substituents is 1. The third-order valence-electron chi connectivity index (χ3n) is 3.07. The van der Waals surface area contributed by atoms with Gasteiger partial charge in [0.25, 0.3) is 0 Å². The summed E-state index contributed by atoms with van der Waals surface area (Å²) in [5, 5.41) is 9.26. The number of carbonyl (C=O) groups is 1. The molecule has 1 aromatic carbocycles. The summed E-state index contributed by atoms with van der Waals surface area (Å²) in [4.78, 5) is 11.0. The van der Waals surface area contributed by atoms with Gasteiger partial charge in [-0.05, 0) is 30.5 Å². The largest absolute Gasteiger partial charge is 0.506 e. The normalized spacial score (nSPS) is 16.4. The molecule has 0 amide bonds. The first-order valence-electron chi connectivity index (χ1n) is 5.55. The Labute approximate surface area is 101 Å². The number of anilines is 1. The van der Waals surface area contributed by atoms with Gasteiger partial charge in [-0.25, -0.2) is 0 Å². The van der Waals surface area contributed by atoms with Crippen molar-refractivity contribution in [1.29, 1.82) is 0 Å². The molecule has 3 N–H and O–H groups in total. The molecule has 4 heteroatoms. The monoisotopic (exact) mass is 237 g/mol. The number of aldehydes is 1. The molecule has 0 unspecified atom stereocenters. The maximum Gasteiger partial charge on any atom is 0.138 e. The summed E-state index contributed by atoms with van der Waals surface area (Å²) >= 11 is 0. The summed E-state index contributed by atoms with van der Waals surface area (Å²) in [5.41, 5.74) is 6.52. The molecule has 0 heterocycles. The minimum Gasteiger partial charge on any atom is -0.506 e. The highest BCUT2D eigenvalue weighted by Gasteiger charge is 2.38. The number of methoxy groups -OCH3 is 1. The van der Waals surface area contributed by atoms with E-state index in [9.17, 15) is 9.90 Å². The Bertz CT molecular complexity index is 386. The molecule has 0 aliphatic heterocycles. The number of carbonyl (C=O) groups excluding carboxylic acids is 1. The lowest BCUT2D eigenvalue weighted by Crippen LogP contribution is -2.35. The molecule has 1 aromatic rings. The van der Waals surface area contributed by atoms with E-state index in [1.54, 1.807) is 32.4 Å². The first-order valence-corrected chi connectivity index (χ1v) is 5.55. The number of phenols is 1. The van der Waals surface area contributed by atoms with Gasteiger partial charge in [0, 0.05) is 14.2 Å². The number of hydrogen-bond donors (Lipinski definition) is 2. The Morgan fingerprint density at radius 2 is 2.00 bits per heavy atom. The molecule has 1 saturated carbocycles. The van der Waals surface area contributed by atoms with Gasteiger partial charge in [-0.1, -0.05) is 12.5 Å². The molecular weight excluding hydrogens is 218 g/mol. The van der Waals surface area contributed by atoms with E-state index in [1.807, 2.05) is 0 Å². The van der Waals surface area contributed by atoms with Crippen LogP contribution in [0.4, 0.5) is 5.69 Å². The smallest absolute Gasteiger partial charge is 0.138 e. The number of aromatic hydroxyl groups is 1. The number of ether oxygens (including phenoxy) is 1. The molecule has 94 valence electrons. The van der Waals surface area contributed by atoms with Crippen molar-refractivity contribution in [2.45, 2.75) is 24.7 Å². The molecule has 0 bridgehead atoms. The van der Waals surface area contributed by atoms with Gasteiger partial charge < -0.3 is 20.4 Å². The summed E-state index contributed by atoms with van der Waals surface area (Å²) in [6, 6.07) is 5.02. The highest BCUT2D eigenvalue weighted by molar-refractivity contribution is 5.72. The molecule has 1 aliphatic rings. The fourth-order valence-electron chi connectivity index (χ4n) is 1.90. The van der Waals surface area contributed by atoms with Gasteiger partial charge >= 0.3 is 0 Å². The summed E-state index contributed by atoms with van der Waals surface area (Å²) in [5.74, 6) is 0.0779. The average Bonchev–Trinajstić information content (AvgIpc) is 2.24. The topological polar surface area (TPSA) is 72.5 Å². The Morgan fingerprint density at radius 1 is 1.41 bits per heavy atom. The Morgan fingerprint density at radius 3 is 2.35 bits per heavy atom. The minimum absolute atomic E-state index is 0.0779. The van der Waals surface area contributed by atoms with Crippen molar-refractivity contribution in [2.75, 3.05) is 20.0 Å². The molecule has 1 fully saturated rings. The van der Waals surface area contributed by atoms with Crippen molar-refractivity contribution in [3.05, 3.63) is 23.8 Å². The second kappa shape index (κ2) is 5.68. The Balaban J connectivity index is 0.000000437. The van der Waals surface area contributed by atoms with Crippen molar-refractivity contribution in [3.8, 4) is 5.75 Å². The van der Waals surface area contributed by atoms with E-state index in [0.717, 1.165) is 31.1 Å². The van der Waals surface area contributed by atoms with Crippen molar-refractivity contribution < 1.29 is 14.6 Å². The van der Waals surface area contributed by atoms with Gasteiger partial charge in [0.2, 0.25) is 0 Å². The zero-order valence-corrected chi connectivity index (χ0v) is 10.3. The number of hydrogen-bond acceptors (Lipinski definition) is 4. The van der Waals surface area contributed by atoms with Crippen LogP contribution in [-0.4, -0.2) is 25.6 Å². The van der Waals surface area contributed by atoms with Gasteiger partial charge in [-0.3, -0.25) is 0 Å². The molecule has 0 atom stereocenters. The first kappa shape index (κ1) is 13.5. The number of rotatable bonds is 2. The zero-order valence-electron chi connectivity index (χ0n) is 10.3. The predicted molar refractivity (Wildman–Crippen MR) is 67.0 cm³/mol. The quantitative estimate of drug-likeness (QED) is 0.468. The van der Waals surface area contributed by atoms with Crippen LogP contribution in [0.3, 0.4) is 0 Å². The number of nitrogens with two attached hydrogens (primary N) is 1. The SMILES string of the molecule is COC.Nc1cc(C2(C=O)CCC2)ccc1O. The maximum absolute atomic E-state index is 11.0. The zero-order chi connectivity index (χ0) is 12.9. The summed E-state index contributed by atoms with van der Waals surface area (Å²) in [6.07, 6.45) is 3.86. The molecule has 2 rings (SSSR count). The highest BCUT2D eigenvalue weighted by atomic mass is 16.4. The van der Waals surface area contributed by atoms with Crippen LogP contribution in [0.25, 0.3) is 0 Å². The van der Waals surface area contributed by atoms with Crippen molar-refractivity contribution in [1.82, 2.24) is 0 Å². The fourth-order valence-corrected chi connectivity index (χ4v) is 1.90. The third-order valence-corrected chi connectivity index (χ3v) is 3.07. The van der Waals surface area contributed by atoms with Crippen LogP contribution in [0.2, 0.25) is 0 Å². The summed E-state index contributed by atoms with van der Waals surface area (Å²) in [6.45, 7) is 0. The van der Waals surface area contributed by atoms with Crippen molar-refractivity contribution in [2.24, 2.45) is 0 Å². The van der Waals surface area contributed by atoms with Gasteiger partial charge in [-0.2, -0.15) is 0 Å². The van der Waals surface area contributed by atoms with Crippen LogP contribution in [-0.2, 0) is 14.9 Å². The van der Waals surface area contributed by atoms with E-state index in [1.165, 1.54) is 0 Å². The number of benzene rings is 1. The molecular formula is C13H19NO3. The second-order valence-corrected chi connectivity index (χ2v) is 4.31. The van der Waals surface area contributed by atoms with E-state index < -0.39 is 0 Å². The lowest BCUT2D eigenvalue weighted by atomic mass is 9.65. The molecule has 0 aromatic heterocycles. The van der Waals surface area contributed by atoms with Gasteiger partial charge in [-0.15, -0.1) is 0 Å². The second-order valence-electron chi connectivity index (χ2n) is 4.31. The lowest BCUT2D eigenvalue weighted by molar-refractivity contribution is -0.115. The van der Waals surface area contributed by atoms with Crippen LogP contribution in [0.1, 0.15) is 24.8 Å². The van der Waals surface area contributed by atoms with Crippen molar-refractivity contribution in [3.63, 3.8) is 0 Å². The molecule has 0 spiro atoms.